The Morgan fingerprint density at radius 2 is 1.62 bits per heavy atom. The van der Waals surface area contributed by atoms with Crippen LogP contribution in [0.4, 0.5) is 5.69 Å². The number of nitrogen functional groups attached to an aromatic ring is 1. The number of thiol groups is 1. The lowest BCUT2D eigenvalue weighted by molar-refractivity contribution is 0.0991. The van der Waals surface area contributed by atoms with Crippen LogP contribution < -0.4 is 5.73 Å². The van der Waals surface area contributed by atoms with Gasteiger partial charge in [-0.25, -0.2) is 0 Å². The molecule has 3 rings (SSSR count). The first-order chi connectivity index (χ1) is 9.99. The first kappa shape index (κ1) is 14.9. The molecule has 3 N–H and O–H groups in total. The summed E-state index contributed by atoms with van der Waals surface area (Å²) in [6, 6.07) is 11.9. The van der Waals surface area contributed by atoms with Crippen LogP contribution in [0.1, 0.15) is 20.7 Å². The molecule has 0 saturated heterocycles. The number of hydrogen-bond acceptors (Lipinski definition) is 5. The number of ketones is 2. The molecule has 4 nitrogen and oxygen atoms in total. The monoisotopic (exact) mass is 299 g/mol. The van der Waals surface area contributed by atoms with Crippen LogP contribution in [0.25, 0.3) is 0 Å². The number of nitrogens with two attached hydrogens (primary N) is 1. The highest BCUT2D eigenvalue weighted by molar-refractivity contribution is 7.80. The summed E-state index contributed by atoms with van der Waals surface area (Å²) in [4.78, 5) is 23.4. The van der Waals surface area contributed by atoms with Gasteiger partial charge in [0.25, 0.3) is 0 Å². The van der Waals surface area contributed by atoms with E-state index in [0.29, 0.717) is 0 Å². The van der Waals surface area contributed by atoms with Gasteiger partial charge in [-0.2, -0.15) is 0 Å². The maximum atomic E-state index is 11.3. The molecule has 0 aromatic heterocycles. The van der Waals surface area contributed by atoms with E-state index in [1.54, 1.807) is 6.07 Å². The molecule has 0 heterocycles. The van der Waals surface area contributed by atoms with E-state index in [1.165, 1.54) is 24.3 Å². The van der Waals surface area contributed by atoms with Crippen molar-refractivity contribution in [1.29, 1.82) is 0 Å². The molecule has 0 radical (unpaired) electrons. The van der Waals surface area contributed by atoms with Crippen LogP contribution in [0.5, 0.6) is 5.75 Å². The molecule has 2 aromatic carbocycles. The van der Waals surface area contributed by atoms with Crippen LogP contribution in [-0.4, -0.2) is 16.7 Å². The topological polar surface area (TPSA) is 80.4 Å². The van der Waals surface area contributed by atoms with Gasteiger partial charge < -0.3 is 10.8 Å². The fourth-order valence-electron chi connectivity index (χ4n) is 1.85. The molecule has 0 unspecified atom stereocenters. The van der Waals surface area contributed by atoms with Crippen LogP contribution in [0.15, 0.2) is 59.5 Å². The Morgan fingerprint density at radius 1 is 0.952 bits per heavy atom. The average molecular weight is 299 g/mol. The summed E-state index contributed by atoms with van der Waals surface area (Å²) in [7, 11) is 0. The quantitative estimate of drug-likeness (QED) is 0.516. The van der Waals surface area contributed by atoms with Crippen molar-refractivity contribution >= 4 is 29.9 Å². The van der Waals surface area contributed by atoms with Crippen molar-refractivity contribution in [3.05, 3.63) is 65.7 Å². The van der Waals surface area contributed by atoms with Crippen molar-refractivity contribution in [3.8, 4) is 5.75 Å². The van der Waals surface area contributed by atoms with Gasteiger partial charge in [-0.05, 0) is 36.4 Å². The van der Waals surface area contributed by atoms with Crippen LogP contribution in [0, 0.1) is 0 Å². The highest BCUT2D eigenvalue weighted by Gasteiger charge is 2.21. The van der Waals surface area contributed by atoms with Crippen molar-refractivity contribution in [1.82, 2.24) is 0 Å². The van der Waals surface area contributed by atoms with Gasteiger partial charge in [0.05, 0.1) is 5.56 Å². The zero-order valence-corrected chi connectivity index (χ0v) is 11.9. The largest absolute Gasteiger partial charge is 0.507 e. The highest BCUT2D eigenvalue weighted by Crippen LogP contribution is 2.25. The molecule has 0 fully saturated rings. The van der Waals surface area contributed by atoms with Gasteiger partial charge in [-0.3, -0.25) is 9.59 Å². The molecular weight excluding hydrogens is 286 g/mol. The number of carbonyl (C=O) groups is 2. The Kier molecular flexibility index (Phi) is 4.45. The summed E-state index contributed by atoms with van der Waals surface area (Å²) in [5, 5.41) is 9.34. The molecule has 1 aliphatic rings. The number of aromatic hydroxyl groups is 1. The molecule has 0 atom stereocenters. The lowest BCUT2D eigenvalue weighted by Crippen LogP contribution is -2.11. The Labute approximate surface area is 127 Å². The van der Waals surface area contributed by atoms with Crippen molar-refractivity contribution in [2.45, 2.75) is 4.90 Å². The maximum absolute atomic E-state index is 11.3. The van der Waals surface area contributed by atoms with E-state index in [-0.39, 0.29) is 28.4 Å². The second-order valence-electron chi connectivity index (χ2n) is 4.36. The van der Waals surface area contributed by atoms with E-state index in [0.717, 1.165) is 10.6 Å². The Hall–Kier alpha value is -2.53. The number of benzene rings is 2. The molecular formula is C16H13NO3S. The minimum absolute atomic E-state index is 0.106. The lowest BCUT2D eigenvalue weighted by Gasteiger charge is -2.09. The number of phenols is 1. The van der Waals surface area contributed by atoms with Gasteiger partial charge in [0.1, 0.15) is 5.75 Å². The normalized spacial score (nSPS) is 12.4. The Bertz CT molecular complexity index is 721. The maximum Gasteiger partial charge on any atom is 0.190 e. The zero-order valence-electron chi connectivity index (χ0n) is 11.0. The van der Waals surface area contributed by atoms with E-state index in [1.807, 2.05) is 24.3 Å². The number of phenolic OH excluding ortho intramolecular Hbond substituents is 1. The van der Waals surface area contributed by atoms with Gasteiger partial charge in [0.15, 0.2) is 11.6 Å². The summed E-state index contributed by atoms with van der Waals surface area (Å²) < 4.78 is 0. The fourth-order valence-corrected chi connectivity index (χ4v) is 2.09. The molecule has 1 aliphatic carbocycles. The second-order valence-corrected chi connectivity index (χ2v) is 4.87. The number of rotatable bonds is 0. The zero-order chi connectivity index (χ0) is 15.4. The van der Waals surface area contributed by atoms with E-state index in [9.17, 15) is 14.7 Å². The van der Waals surface area contributed by atoms with Gasteiger partial charge in [-0.15, -0.1) is 12.6 Å². The molecule has 0 spiro atoms. The second kappa shape index (κ2) is 6.28. The van der Waals surface area contributed by atoms with Crippen molar-refractivity contribution in [2.75, 3.05) is 5.73 Å². The number of carbonyl (C=O) groups excluding carboxylic acids is 2. The van der Waals surface area contributed by atoms with Crippen molar-refractivity contribution in [2.24, 2.45) is 0 Å². The smallest absolute Gasteiger partial charge is 0.190 e. The van der Waals surface area contributed by atoms with Gasteiger partial charge in [-0.1, -0.05) is 18.2 Å². The summed E-state index contributed by atoms with van der Waals surface area (Å²) in [5.74, 6) is -0.710. The molecule has 0 bridgehead atoms. The molecule has 21 heavy (non-hydrogen) atoms. The van der Waals surface area contributed by atoms with Gasteiger partial charge >= 0.3 is 0 Å². The SMILES string of the molecule is Nc1cccc(S)c1.O=C1C=CC(=O)c2c(O)cccc21. The molecule has 2 aromatic rings. The number of anilines is 1. The minimum atomic E-state index is -0.326. The predicted molar refractivity (Wildman–Crippen MR) is 84.0 cm³/mol. The molecule has 5 heteroatoms. The molecule has 0 aliphatic heterocycles. The molecule has 106 valence electrons. The number of hydrogen-bond donors (Lipinski definition) is 3. The van der Waals surface area contributed by atoms with Crippen molar-refractivity contribution in [3.63, 3.8) is 0 Å². The summed E-state index contributed by atoms with van der Waals surface area (Å²) in [5.41, 5.74) is 6.55. The van der Waals surface area contributed by atoms with E-state index in [2.05, 4.69) is 12.6 Å². The van der Waals surface area contributed by atoms with Crippen LogP contribution in [0.2, 0.25) is 0 Å². The third-order valence-corrected chi connectivity index (χ3v) is 3.09. The Balaban J connectivity index is 0.000000173. The first-order valence-corrected chi connectivity index (χ1v) is 6.57. The number of fused-ring (bicyclic) bond motifs is 1. The molecule has 0 amide bonds. The van der Waals surface area contributed by atoms with E-state index < -0.39 is 0 Å². The summed E-state index contributed by atoms with van der Waals surface area (Å²) in [6.07, 6.45) is 2.38. The first-order valence-electron chi connectivity index (χ1n) is 6.12. The predicted octanol–water partition coefficient (Wildman–Crippen LogP) is 2.88. The summed E-state index contributed by atoms with van der Waals surface area (Å²) >= 11 is 4.07. The number of allylic oxidation sites excluding steroid dienone is 2. The van der Waals surface area contributed by atoms with Crippen molar-refractivity contribution < 1.29 is 14.7 Å². The van der Waals surface area contributed by atoms with Crippen LogP contribution >= 0.6 is 12.6 Å². The van der Waals surface area contributed by atoms with Gasteiger partial charge in [0.2, 0.25) is 0 Å². The Morgan fingerprint density at radius 3 is 2.19 bits per heavy atom. The minimum Gasteiger partial charge on any atom is -0.507 e. The standard InChI is InChI=1S/C10H6O3.C6H7NS/c11-7-4-5-9(13)10-6(7)2-1-3-8(10)12;7-5-2-1-3-6(8)4-5/h1-5,12H;1-4,8H,7H2. The van der Waals surface area contributed by atoms with E-state index >= 15 is 0 Å². The average Bonchev–Trinajstić information content (AvgIpc) is 2.43. The van der Waals surface area contributed by atoms with E-state index in [4.69, 9.17) is 5.73 Å². The third kappa shape index (κ3) is 3.52. The third-order valence-electron chi connectivity index (χ3n) is 2.81. The van der Waals surface area contributed by atoms with Crippen LogP contribution in [0.3, 0.4) is 0 Å². The fraction of sp³-hybridized carbons (Fsp3) is 0. The molecule has 0 saturated carbocycles. The summed E-state index contributed by atoms with van der Waals surface area (Å²) in [6.45, 7) is 0. The van der Waals surface area contributed by atoms with Crippen LogP contribution in [-0.2, 0) is 0 Å². The highest BCUT2D eigenvalue weighted by atomic mass is 32.1. The lowest BCUT2D eigenvalue weighted by atomic mass is 9.94. The van der Waals surface area contributed by atoms with Gasteiger partial charge in [0, 0.05) is 16.1 Å².